The fourth-order valence-corrected chi connectivity index (χ4v) is 1.53. The molecule has 2 amide bonds. The van der Waals surface area contributed by atoms with Gasteiger partial charge in [-0.15, -0.1) is 0 Å². The molecule has 0 aliphatic rings. The molecule has 0 spiro atoms. The van der Waals surface area contributed by atoms with Gasteiger partial charge in [0.05, 0.1) is 12.4 Å². The zero-order valence-electron chi connectivity index (χ0n) is 10.4. The first-order chi connectivity index (χ1) is 9.49. The normalized spacial score (nSPS) is 13.7. The molecule has 0 radical (unpaired) electrons. The van der Waals surface area contributed by atoms with Crippen molar-refractivity contribution < 1.29 is 19.8 Å². The number of aliphatic hydroxyl groups excluding tert-OH is 1. The van der Waals surface area contributed by atoms with Gasteiger partial charge in [-0.1, -0.05) is 0 Å². The Bertz CT molecular complexity index is 639. The van der Waals surface area contributed by atoms with Crippen LogP contribution in [-0.4, -0.2) is 54.3 Å². The molecule has 0 bridgehead atoms. The van der Waals surface area contributed by atoms with E-state index in [1.807, 2.05) is 0 Å². The summed E-state index contributed by atoms with van der Waals surface area (Å²) in [5.74, 6) is -1.19. The summed E-state index contributed by atoms with van der Waals surface area (Å²) >= 11 is 0. The Morgan fingerprint density at radius 3 is 2.75 bits per heavy atom. The van der Waals surface area contributed by atoms with E-state index in [0.29, 0.717) is 11.2 Å². The molecule has 2 heterocycles. The number of aromatic amines is 1. The van der Waals surface area contributed by atoms with Crippen LogP contribution >= 0.6 is 0 Å². The fourth-order valence-electron chi connectivity index (χ4n) is 1.53. The Morgan fingerprint density at radius 2 is 2.10 bits per heavy atom. The van der Waals surface area contributed by atoms with Crippen LogP contribution in [0.2, 0.25) is 0 Å². The lowest BCUT2D eigenvalue weighted by Crippen LogP contribution is -2.49. The molecule has 106 valence electrons. The number of imidazole rings is 1. The highest BCUT2D eigenvalue weighted by molar-refractivity contribution is 5.97. The summed E-state index contributed by atoms with van der Waals surface area (Å²) in [5.41, 5.74) is 0.771. The second kappa shape index (κ2) is 5.48. The molecule has 20 heavy (non-hydrogen) atoms. The monoisotopic (exact) mass is 280 g/mol. The molecule has 5 N–H and O–H groups in total. The number of carbonyl (C=O) groups excluding carboxylic acids is 1. The molecule has 2 aromatic heterocycles. The van der Waals surface area contributed by atoms with Crippen molar-refractivity contribution in [2.75, 3.05) is 5.32 Å². The van der Waals surface area contributed by atoms with Crippen molar-refractivity contribution in [1.29, 1.82) is 0 Å². The summed E-state index contributed by atoms with van der Waals surface area (Å²) in [5, 5.41) is 22.6. The van der Waals surface area contributed by atoms with Crippen molar-refractivity contribution in [3.63, 3.8) is 0 Å². The van der Waals surface area contributed by atoms with E-state index in [0.717, 1.165) is 0 Å². The molecule has 0 aromatic carbocycles. The molecule has 0 aliphatic carbocycles. The molecular weight excluding hydrogens is 268 g/mol. The van der Waals surface area contributed by atoms with Crippen molar-refractivity contribution in [1.82, 2.24) is 25.3 Å². The summed E-state index contributed by atoms with van der Waals surface area (Å²) in [6.45, 7) is 1.26. The second-order valence-electron chi connectivity index (χ2n) is 3.98. The number of hydrogen-bond donors (Lipinski definition) is 5. The predicted molar refractivity (Wildman–Crippen MR) is 66.9 cm³/mol. The number of urea groups is 1. The summed E-state index contributed by atoms with van der Waals surface area (Å²) < 4.78 is 0. The minimum Gasteiger partial charge on any atom is -0.480 e. The van der Waals surface area contributed by atoms with Gasteiger partial charge in [-0.3, -0.25) is 5.32 Å². The van der Waals surface area contributed by atoms with Crippen LogP contribution in [-0.2, 0) is 4.79 Å². The van der Waals surface area contributed by atoms with Crippen molar-refractivity contribution in [3.8, 4) is 0 Å². The molecule has 2 aromatic rings. The van der Waals surface area contributed by atoms with Gasteiger partial charge in [0, 0.05) is 0 Å². The molecule has 0 saturated heterocycles. The lowest BCUT2D eigenvalue weighted by atomic mass is 10.2. The predicted octanol–water partition coefficient (Wildman–Crippen LogP) is -0.692. The Morgan fingerprint density at radius 1 is 1.35 bits per heavy atom. The number of amides is 2. The van der Waals surface area contributed by atoms with Crippen molar-refractivity contribution in [3.05, 3.63) is 12.7 Å². The lowest BCUT2D eigenvalue weighted by Gasteiger charge is -2.17. The molecule has 0 saturated carbocycles. The van der Waals surface area contributed by atoms with E-state index in [-0.39, 0.29) is 5.82 Å². The van der Waals surface area contributed by atoms with Crippen LogP contribution in [0.15, 0.2) is 12.7 Å². The first-order valence-electron chi connectivity index (χ1n) is 5.61. The van der Waals surface area contributed by atoms with E-state index in [9.17, 15) is 14.7 Å². The number of carboxylic acid groups (broad SMARTS) is 1. The molecular formula is C10H12N6O4. The lowest BCUT2D eigenvalue weighted by molar-refractivity contribution is -0.141. The minimum absolute atomic E-state index is 0.153. The fraction of sp³-hybridized carbons (Fsp3) is 0.300. The topological polar surface area (TPSA) is 153 Å². The van der Waals surface area contributed by atoms with E-state index >= 15 is 0 Å². The molecule has 2 rings (SSSR count). The van der Waals surface area contributed by atoms with Gasteiger partial charge in [0.1, 0.15) is 11.8 Å². The third-order valence-corrected chi connectivity index (χ3v) is 2.49. The van der Waals surface area contributed by atoms with Gasteiger partial charge in [-0.2, -0.15) is 0 Å². The molecule has 0 fully saturated rings. The number of rotatable bonds is 4. The number of aliphatic carboxylic acids is 1. The number of carbonyl (C=O) groups is 2. The number of fused-ring (bicyclic) bond motifs is 1. The first-order valence-corrected chi connectivity index (χ1v) is 5.61. The van der Waals surface area contributed by atoms with Crippen molar-refractivity contribution in [2.24, 2.45) is 0 Å². The maximum atomic E-state index is 11.7. The summed E-state index contributed by atoms with van der Waals surface area (Å²) in [7, 11) is 0. The maximum Gasteiger partial charge on any atom is 0.328 e. The number of nitrogens with zero attached hydrogens (tertiary/aromatic N) is 3. The van der Waals surface area contributed by atoms with E-state index in [4.69, 9.17) is 5.11 Å². The number of aromatic nitrogens is 4. The quantitative estimate of drug-likeness (QED) is 0.496. The molecule has 0 unspecified atom stereocenters. The highest BCUT2D eigenvalue weighted by atomic mass is 16.4. The smallest absolute Gasteiger partial charge is 0.328 e. The summed E-state index contributed by atoms with van der Waals surface area (Å²) in [6, 6.07) is -2.23. The Hall–Kier alpha value is -2.75. The Kier molecular flexibility index (Phi) is 3.75. The van der Waals surface area contributed by atoms with Crippen LogP contribution in [0.3, 0.4) is 0 Å². The third kappa shape index (κ3) is 2.80. The van der Waals surface area contributed by atoms with Crippen LogP contribution < -0.4 is 10.6 Å². The number of nitrogens with one attached hydrogen (secondary N) is 3. The van der Waals surface area contributed by atoms with Gasteiger partial charge >= 0.3 is 12.0 Å². The summed E-state index contributed by atoms with van der Waals surface area (Å²) in [6.07, 6.45) is 1.36. The number of hydrogen-bond acceptors (Lipinski definition) is 6. The van der Waals surface area contributed by atoms with E-state index in [1.165, 1.54) is 19.6 Å². The highest BCUT2D eigenvalue weighted by Gasteiger charge is 2.25. The standard InChI is InChI=1S/C10H12N6O4/c1-4(17)5(9(18)19)15-10(20)16-8-6-7(12-2-11-6)13-3-14-8/h2-5,17H,1H3,(H,18,19)(H3,11,12,13,14,15,16,20)/t4-,5+/m0/s1. The largest absolute Gasteiger partial charge is 0.480 e. The Labute approximate surface area is 112 Å². The number of carboxylic acids is 1. The van der Waals surface area contributed by atoms with E-state index in [1.54, 1.807) is 0 Å². The van der Waals surface area contributed by atoms with Gasteiger partial charge in [0.2, 0.25) is 0 Å². The van der Waals surface area contributed by atoms with Crippen molar-refractivity contribution in [2.45, 2.75) is 19.1 Å². The summed E-state index contributed by atoms with van der Waals surface area (Å²) in [4.78, 5) is 36.9. The zero-order chi connectivity index (χ0) is 14.7. The third-order valence-electron chi connectivity index (χ3n) is 2.49. The zero-order valence-corrected chi connectivity index (χ0v) is 10.4. The van der Waals surface area contributed by atoms with Crippen LogP contribution in [0.5, 0.6) is 0 Å². The molecule has 10 nitrogen and oxygen atoms in total. The number of anilines is 1. The van der Waals surface area contributed by atoms with Gasteiger partial charge in [-0.05, 0) is 6.92 Å². The minimum atomic E-state index is -1.42. The van der Waals surface area contributed by atoms with Crippen LogP contribution in [0.4, 0.5) is 10.6 Å². The number of aliphatic hydroxyl groups is 1. The molecule has 10 heteroatoms. The van der Waals surface area contributed by atoms with Crippen molar-refractivity contribution >= 4 is 29.0 Å². The average molecular weight is 280 g/mol. The van der Waals surface area contributed by atoms with Gasteiger partial charge < -0.3 is 20.5 Å². The SMILES string of the molecule is C[C@H](O)[C@@H](NC(=O)Nc1ncnc2nc[nH]c12)C(=O)O. The van der Waals surface area contributed by atoms with Gasteiger partial charge in [0.15, 0.2) is 17.5 Å². The Balaban J connectivity index is 2.12. The molecule has 2 atom stereocenters. The number of H-pyrrole nitrogens is 1. The molecule has 0 aliphatic heterocycles. The van der Waals surface area contributed by atoms with Gasteiger partial charge in [-0.25, -0.2) is 24.5 Å². The van der Waals surface area contributed by atoms with E-state index in [2.05, 4.69) is 30.6 Å². The van der Waals surface area contributed by atoms with Crippen LogP contribution in [0, 0.1) is 0 Å². The van der Waals surface area contributed by atoms with Crippen LogP contribution in [0.25, 0.3) is 11.2 Å². The highest BCUT2D eigenvalue weighted by Crippen LogP contribution is 2.13. The second-order valence-corrected chi connectivity index (χ2v) is 3.98. The van der Waals surface area contributed by atoms with Crippen LogP contribution in [0.1, 0.15) is 6.92 Å². The van der Waals surface area contributed by atoms with E-state index < -0.39 is 24.1 Å². The average Bonchev–Trinajstić information content (AvgIpc) is 2.84. The first kappa shape index (κ1) is 13.7. The van der Waals surface area contributed by atoms with Gasteiger partial charge in [0.25, 0.3) is 0 Å². The maximum absolute atomic E-state index is 11.7.